The molecule has 1 saturated carbocycles. The first-order chi connectivity index (χ1) is 17.0. The fourth-order valence-corrected chi connectivity index (χ4v) is 4.17. The summed E-state index contributed by atoms with van der Waals surface area (Å²) >= 11 is 6.05. The molecular formula is C26H27ClN6O2. The number of aromatic nitrogens is 3. The number of hydrogen-bond acceptors (Lipinski definition) is 8. The van der Waals surface area contributed by atoms with Crippen LogP contribution in [-0.4, -0.2) is 53.2 Å². The Kier molecular flexibility index (Phi) is 6.57. The van der Waals surface area contributed by atoms with Crippen molar-refractivity contribution >= 4 is 45.6 Å². The number of fused-ring (bicyclic) bond motifs is 1. The first kappa shape index (κ1) is 23.1. The summed E-state index contributed by atoms with van der Waals surface area (Å²) < 4.78 is 11.7. The van der Waals surface area contributed by atoms with E-state index < -0.39 is 0 Å². The standard InChI is InChI=1S/C26H27ClN6O2/c1-33(2)20-13-21(14-20)35-23-7-6-18(12-24(23)34-3)31-26-28-9-8-25(32-26)30-19-10-16-4-5-17(27)11-22(16)29-15-19/h4-12,15,20-21H,13-14H2,1-3H3,(H2,28,30,31,32). The van der Waals surface area contributed by atoms with Crippen LogP contribution in [0, 0.1) is 0 Å². The largest absolute Gasteiger partial charge is 0.493 e. The molecule has 0 atom stereocenters. The lowest BCUT2D eigenvalue weighted by Crippen LogP contribution is -2.46. The lowest BCUT2D eigenvalue weighted by molar-refractivity contribution is 0.0383. The van der Waals surface area contributed by atoms with E-state index in [1.807, 2.05) is 42.5 Å². The molecule has 0 saturated heterocycles. The van der Waals surface area contributed by atoms with Crippen molar-refractivity contribution in [3.05, 3.63) is 65.9 Å². The molecule has 0 bridgehead atoms. The SMILES string of the molecule is COc1cc(Nc2nccc(Nc3cnc4cc(Cl)ccc4c3)n2)ccc1OC1CC(N(C)C)C1. The Morgan fingerprint density at radius 2 is 1.80 bits per heavy atom. The van der Waals surface area contributed by atoms with Crippen LogP contribution in [0.4, 0.5) is 23.1 Å². The zero-order valence-electron chi connectivity index (χ0n) is 19.8. The minimum absolute atomic E-state index is 0.211. The first-order valence-corrected chi connectivity index (χ1v) is 11.8. The van der Waals surface area contributed by atoms with Crippen LogP contribution in [-0.2, 0) is 0 Å². The summed E-state index contributed by atoms with van der Waals surface area (Å²) in [6.07, 6.45) is 5.69. The third-order valence-electron chi connectivity index (χ3n) is 6.09. The van der Waals surface area contributed by atoms with Gasteiger partial charge in [0.15, 0.2) is 11.5 Å². The average molecular weight is 491 g/mol. The Morgan fingerprint density at radius 3 is 2.60 bits per heavy atom. The summed E-state index contributed by atoms with van der Waals surface area (Å²) in [6.45, 7) is 0. The molecule has 2 N–H and O–H groups in total. The number of ether oxygens (including phenoxy) is 2. The maximum Gasteiger partial charge on any atom is 0.229 e. The van der Waals surface area contributed by atoms with Crippen LogP contribution in [0.2, 0.25) is 5.02 Å². The molecule has 8 nitrogen and oxygen atoms in total. The van der Waals surface area contributed by atoms with E-state index in [4.69, 9.17) is 21.1 Å². The molecule has 4 aromatic rings. The van der Waals surface area contributed by atoms with Crippen LogP contribution in [0.3, 0.4) is 0 Å². The van der Waals surface area contributed by atoms with Gasteiger partial charge < -0.3 is 25.0 Å². The second kappa shape index (κ2) is 9.93. The Bertz CT molecular complexity index is 1340. The topological polar surface area (TPSA) is 84.4 Å². The third-order valence-corrected chi connectivity index (χ3v) is 6.32. The Balaban J connectivity index is 1.26. The molecule has 2 aromatic heterocycles. The summed E-state index contributed by atoms with van der Waals surface area (Å²) in [6, 6.07) is 15.7. The second-order valence-corrected chi connectivity index (χ2v) is 9.21. The van der Waals surface area contributed by atoms with Crippen molar-refractivity contribution in [2.75, 3.05) is 31.8 Å². The number of anilines is 4. The van der Waals surface area contributed by atoms with E-state index in [1.54, 1.807) is 25.6 Å². The van der Waals surface area contributed by atoms with Crippen LogP contribution in [0.5, 0.6) is 11.5 Å². The Morgan fingerprint density at radius 1 is 0.943 bits per heavy atom. The zero-order chi connectivity index (χ0) is 24.4. The lowest BCUT2D eigenvalue weighted by Gasteiger charge is -2.39. The molecular weight excluding hydrogens is 464 g/mol. The van der Waals surface area contributed by atoms with Crippen LogP contribution < -0.4 is 20.1 Å². The van der Waals surface area contributed by atoms with Crippen molar-refractivity contribution in [2.45, 2.75) is 25.0 Å². The van der Waals surface area contributed by atoms with Crippen molar-refractivity contribution in [1.29, 1.82) is 0 Å². The quantitative estimate of drug-likeness (QED) is 0.328. The molecule has 1 fully saturated rings. The molecule has 1 aliphatic rings. The second-order valence-electron chi connectivity index (χ2n) is 8.77. The molecule has 2 aromatic carbocycles. The van der Waals surface area contributed by atoms with Gasteiger partial charge in [0.2, 0.25) is 5.95 Å². The van der Waals surface area contributed by atoms with E-state index in [-0.39, 0.29) is 6.10 Å². The van der Waals surface area contributed by atoms with Gasteiger partial charge in [-0.15, -0.1) is 0 Å². The Hall–Kier alpha value is -3.62. The molecule has 0 radical (unpaired) electrons. The number of hydrogen-bond donors (Lipinski definition) is 2. The molecule has 0 aliphatic heterocycles. The predicted molar refractivity (Wildman–Crippen MR) is 139 cm³/mol. The van der Waals surface area contributed by atoms with E-state index in [2.05, 4.69) is 44.6 Å². The Labute approximate surface area is 209 Å². The van der Waals surface area contributed by atoms with Crippen molar-refractivity contribution in [3.8, 4) is 11.5 Å². The van der Waals surface area contributed by atoms with E-state index in [9.17, 15) is 0 Å². The number of methoxy groups -OCH3 is 1. The van der Waals surface area contributed by atoms with E-state index >= 15 is 0 Å². The van der Waals surface area contributed by atoms with Crippen molar-refractivity contribution in [3.63, 3.8) is 0 Å². The predicted octanol–water partition coefficient (Wildman–Crippen LogP) is 5.65. The summed E-state index contributed by atoms with van der Waals surface area (Å²) in [5.74, 6) is 2.51. The third kappa shape index (κ3) is 5.39. The molecule has 0 amide bonds. The maximum absolute atomic E-state index is 6.15. The van der Waals surface area contributed by atoms with Crippen LogP contribution in [0.25, 0.3) is 10.9 Å². The van der Waals surface area contributed by atoms with Gasteiger partial charge in [-0.3, -0.25) is 4.98 Å². The van der Waals surface area contributed by atoms with Crippen molar-refractivity contribution in [2.24, 2.45) is 0 Å². The monoisotopic (exact) mass is 490 g/mol. The van der Waals surface area contributed by atoms with Gasteiger partial charge in [0.05, 0.1) is 24.5 Å². The van der Waals surface area contributed by atoms with E-state index in [1.165, 1.54) is 0 Å². The fourth-order valence-electron chi connectivity index (χ4n) is 4.01. The molecule has 2 heterocycles. The van der Waals surface area contributed by atoms with Gasteiger partial charge >= 0.3 is 0 Å². The summed E-state index contributed by atoms with van der Waals surface area (Å²) in [4.78, 5) is 15.6. The molecule has 35 heavy (non-hydrogen) atoms. The smallest absolute Gasteiger partial charge is 0.229 e. The van der Waals surface area contributed by atoms with Gasteiger partial charge in [0.25, 0.3) is 0 Å². The van der Waals surface area contributed by atoms with Gasteiger partial charge in [-0.25, -0.2) is 4.98 Å². The molecule has 9 heteroatoms. The van der Waals surface area contributed by atoms with E-state index in [0.717, 1.165) is 40.9 Å². The zero-order valence-corrected chi connectivity index (χ0v) is 20.6. The molecule has 0 spiro atoms. The normalized spacial score (nSPS) is 17.2. The first-order valence-electron chi connectivity index (χ1n) is 11.4. The molecule has 180 valence electrons. The van der Waals surface area contributed by atoms with Gasteiger partial charge in [0.1, 0.15) is 11.9 Å². The van der Waals surface area contributed by atoms with Gasteiger partial charge in [-0.1, -0.05) is 17.7 Å². The van der Waals surface area contributed by atoms with Crippen LogP contribution in [0.15, 0.2) is 60.9 Å². The van der Waals surface area contributed by atoms with E-state index in [0.29, 0.717) is 28.6 Å². The van der Waals surface area contributed by atoms with Crippen LogP contribution in [0.1, 0.15) is 12.8 Å². The highest BCUT2D eigenvalue weighted by molar-refractivity contribution is 6.31. The average Bonchev–Trinajstić information content (AvgIpc) is 2.82. The number of rotatable bonds is 8. The highest BCUT2D eigenvalue weighted by Crippen LogP contribution is 2.36. The summed E-state index contributed by atoms with van der Waals surface area (Å²) in [5, 5.41) is 8.16. The van der Waals surface area contributed by atoms with Gasteiger partial charge in [-0.05, 0) is 63.3 Å². The van der Waals surface area contributed by atoms with Gasteiger partial charge in [0, 0.05) is 34.4 Å². The lowest BCUT2D eigenvalue weighted by atomic mass is 9.88. The molecule has 0 unspecified atom stereocenters. The summed E-state index contributed by atoms with van der Waals surface area (Å²) in [5.41, 5.74) is 2.46. The van der Waals surface area contributed by atoms with Crippen molar-refractivity contribution in [1.82, 2.24) is 19.9 Å². The van der Waals surface area contributed by atoms with Gasteiger partial charge in [-0.2, -0.15) is 4.98 Å². The van der Waals surface area contributed by atoms with Crippen LogP contribution >= 0.6 is 11.6 Å². The highest BCUT2D eigenvalue weighted by atomic mass is 35.5. The number of nitrogens with one attached hydrogen (secondary N) is 2. The number of pyridine rings is 1. The maximum atomic E-state index is 6.15. The number of halogens is 1. The fraction of sp³-hybridized carbons (Fsp3) is 0.269. The minimum Gasteiger partial charge on any atom is -0.493 e. The summed E-state index contributed by atoms with van der Waals surface area (Å²) in [7, 11) is 5.84. The molecule has 5 rings (SSSR count). The highest BCUT2D eigenvalue weighted by Gasteiger charge is 2.32. The minimum atomic E-state index is 0.211. The van der Waals surface area contributed by atoms with Crippen molar-refractivity contribution < 1.29 is 9.47 Å². The number of nitrogens with zero attached hydrogens (tertiary/aromatic N) is 4. The number of benzene rings is 2. The molecule has 1 aliphatic carbocycles.